The average molecular weight is 480 g/mol. The summed E-state index contributed by atoms with van der Waals surface area (Å²) >= 11 is 25.1. The van der Waals surface area contributed by atoms with Crippen molar-refractivity contribution in [3.8, 4) is 11.5 Å². The number of hydrazone groups is 1. The van der Waals surface area contributed by atoms with Crippen molar-refractivity contribution >= 4 is 52.1 Å². The summed E-state index contributed by atoms with van der Waals surface area (Å²) in [6, 6.07) is 16.3. The minimum absolute atomic E-state index is 0.110. The quantitative estimate of drug-likeness (QED) is 0.421. The highest BCUT2D eigenvalue weighted by atomic mass is 35.5. The van der Waals surface area contributed by atoms with Crippen LogP contribution in [0.25, 0.3) is 0 Å². The van der Waals surface area contributed by atoms with Crippen LogP contribution < -0.4 is 4.74 Å². The molecule has 1 N–H and O–H groups in total. The van der Waals surface area contributed by atoms with Gasteiger partial charge in [0.25, 0.3) is 0 Å². The Morgan fingerprint density at radius 1 is 0.900 bits per heavy atom. The number of benzene rings is 3. The highest BCUT2D eigenvalue weighted by Gasteiger charge is 2.43. The van der Waals surface area contributed by atoms with Gasteiger partial charge in [-0.05, 0) is 29.8 Å². The minimum Gasteiger partial charge on any atom is -0.506 e. The van der Waals surface area contributed by atoms with Gasteiger partial charge in [-0.3, -0.25) is 0 Å². The fraction of sp³-hybridized carbons (Fsp3) is 0.136. The number of nitrogens with zero attached hydrogens (tertiary/aromatic N) is 2. The molecular weight excluding hydrogens is 466 g/mol. The largest absolute Gasteiger partial charge is 0.506 e. The summed E-state index contributed by atoms with van der Waals surface area (Å²) in [5.41, 5.74) is 3.15. The van der Waals surface area contributed by atoms with E-state index in [0.29, 0.717) is 32.8 Å². The second-order valence-electron chi connectivity index (χ2n) is 7.11. The van der Waals surface area contributed by atoms with E-state index in [1.54, 1.807) is 17.1 Å². The number of hydrogen-bond acceptors (Lipinski definition) is 4. The highest BCUT2D eigenvalue weighted by molar-refractivity contribution is 6.36. The maximum Gasteiger partial charge on any atom is 0.217 e. The van der Waals surface area contributed by atoms with E-state index in [4.69, 9.17) is 56.2 Å². The Morgan fingerprint density at radius 3 is 2.30 bits per heavy atom. The highest BCUT2D eigenvalue weighted by Crippen LogP contribution is 2.52. The van der Waals surface area contributed by atoms with Gasteiger partial charge in [0.2, 0.25) is 6.23 Å². The molecule has 8 heteroatoms. The lowest BCUT2D eigenvalue weighted by Gasteiger charge is -2.38. The van der Waals surface area contributed by atoms with E-state index < -0.39 is 6.23 Å². The third-order valence-electron chi connectivity index (χ3n) is 5.24. The predicted molar refractivity (Wildman–Crippen MR) is 120 cm³/mol. The fourth-order valence-electron chi connectivity index (χ4n) is 3.90. The maximum atomic E-state index is 10.6. The Balaban J connectivity index is 1.68. The minimum atomic E-state index is -0.765. The molecule has 152 valence electrons. The molecule has 30 heavy (non-hydrogen) atoms. The van der Waals surface area contributed by atoms with Gasteiger partial charge in [0.05, 0.1) is 27.4 Å². The van der Waals surface area contributed by atoms with Gasteiger partial charge < -0.3 is 9.84 Å². The van der Waals surface area contributed by atoms with Gasteiger partial charge in [-0.25, -0.2) is 5.01 Å². The van der Waals surface area contributed by atoms with E-state index in [-0.39, 0.29) is 16.8 Å². The third kappa shape index (κ3) is 3.28. The standard InChI is InChI=1S/C22H14Cl4N2O2/c23-12-6-14-19-10-18(11-4-2-1-3-5-11)27-28(19)22(30-21(14)17(26)9-12)15-7-13(24)8-16(25)20(15)29/h1-9,19,22,29H,10H2/t19-,22-/m0/s1. The van der Waals surface area contributed by atoms with Crippen molar-refractivity contribution in [2.75, 3.05) is 0 Å². The number of ether oxygens (including phenoxy) is 1. The zero-order chi connectivity index (χ0) is 21.0. The molecule has 0 aromatic heterocycles. The average Bonchev–Trinajstić information content (AvgIpc) is 3.17. The van der Waals surface area contributed by atoms with Crippen molar-refractivity contribution in [3.05, 3.63) is 91.4 Å². The van der Waals surface area contributed by atoms with Crippen molar-refractivity contribution < 1.29 is 9.84 Å². The molecule has 3 aromatic rings. The lowest BCUT2D eigenvalue weighted by atomic mass is 9.95. The predicted octanol–water partition coefficient (Wildman–Crippen LogP) is 7.25. The van der Waals surface area contributed by atoms with Gasteiger partial charge in [-0.15, -0.1) is 0 Å². The first-order chi connectivity index (χ1) is 14.4. The van der Waals surface area contributed by atoms with Crippen LogP contribution in [0.3, 0.4) is 0 Å². The van der Waals surface area contributed by atoms with Crippen molar-refractivity contribution in [1.29, 1.82) is 0 Å². The van der Waals surface area contributed by atoms with Gasteiger partial charge in [-0.2, -0.15) is 5.10 Å². The Kier molecular flexibility index (Phi) is 4.98. The smallest absolute Gasteiger partial charge is 0.217 e. The van der Waals surface area contributed by atoms with Gasteiger partial charge in [0.1, 0.15) is 11.5 Å². The van der Waals surface area contributed by atoms with Gasteiger partial charge >= 0.3 is 0 Å². The van der Waals surface area contributed by atoms with Crippen LogP contribution in [0.5, 0.6) is 11.5 Å². The molecule has 0 radical (unpaired) electrons. The molecule has 0 amide bonds. The molecular formula is C22H14Cl4N2O2. The number of halogens is 4. The molecule has 2 aliphatic rings. The second-order valence-corrected chi connectivity index (χ2v) is 8.80. The topological polar surface area (TPSA) is 45.1 Å². The normalized spacial score (nSPS) is 19.7. The van der Waals surface area contributed by atoms with Crippen LogP contribution in [0.1, 0.15) is 35.4 Å². The number of fused-ring (bicyclic) bond motifs is 3. The molecule has 0 saturated heterocycles. The lowest BCUT2D eigenvalue weighted by Crippen LogP contribution is -2.34. The van der Waals surface area contributed by atoms with Crippen molar-refractivity contribution in [1.82, 2.24) is 5.01 Å². The van der Waals surface area contributed by atoms with Crippen LogP contribution in [0.4, 0.5) is 0 Å². The van der Waals surface area contributed by atoms with E-state index in [0.717, 1.165) is 16.8 Å². The number of aromatic hydroxyl groups is 1. The molecule has 0 aliphatic carbocycles. The zero-order valence-corrected chi connectivity index (χ0v) is 18.3. The van der Waals surface area contributed by atoms with Crippen molar-refractivity contribution in [2.45, 2.75) is 18.7 Å². The number of rotatable bonds is 2. The Hall–Kier alpha value is -2.11. The van der Waals surface area contributed by atoms with Gasteiger partial charge in [0, 0.05) is 22.0 Å². The summed E-state index contributed by atoms with van der Waals surface area (Å²) in [4.78, 5) is 0. The summed E-state index contributed by atoms with van der Waals surface area (Å²) in [7, 11) is 0. The summed E-state index contributed by atoms with van der Waals surface area (Å²) in [5.74, 6) is 0.397. The van der Waals surface area contributed by atoms with Crippen LogP contribution in [-0.2, 0) is 0 Å². The van der Waals surface area contributed by atoms with E-state index in [1.165, 1.54) is 6.07 Å². The van der Waals surface area contributed by atoms with Crippen LogP contribution in [0, 0.1) is 0 Å². The Bertz CT molecular complexity index is 1180. The van der Waals surface area contributed by atoms with E-state index >= 15 is 0 Å². The summed E-state index contributed by atoms with van der Waals surface area (Å²) in [5, 5.41) is 18.7. The van der Waals surface area contributed by atoms with Crippen LogP contribution >= 0.6 is 46.4 Å². The molecule has 3 aromatic carbocycles. The molecule has 0 spiro atoms. The Morgan fingerprint density at radius 2 is 1.57 bits per heavy atom. The first kappa shape index (κ1) is 19.8. The summed E-state index contributed by atoms with van der Waals surface area (Å²) < 4.78 is 6.24. The number of phenolic OH excluding ortho intramolecular Hbond substituents is 1. The number of phenols is 1. The monoisotopic (exact) mass is 478 g/mol. The molecule has 2 heterocycles. The summed E-state index contributed by atoms with van der Waals surface area (Å²) in [6.07, 6.45) is -0.138. The molecule has 0 fully saturated rings. The molecule has 2 aliphatic heterocycles. The SMILES string of the molecule is Oc1c(Cl)cc(Cl)cc1[C@@H]1Oc2c(Cl)cc(Cl)cc2[C@@H]2CC(c3ccccc3)=NN21. The molecule has 0 unspecified atom stereocenters. The van der Waals surface area contributed by atoms with Crippen LogP contribution in [0.15, 0.2) is 59.7 Å². The van der Waals surface area contributed by atoms with Gasteiger partial charge in [0.15, 0.2) is 0 Å². The number of hydrogen-bond donors (Lipinski definition) is 1. The van der Waals surface area contributed by atoms with Crippen LogP contribution in [-0.4, -0.2) is 15.8 Å². The zero-order valence-electron chi connectivity index (χ0n) is 15.3. The van der Waals surface area contributed by atoms with Crippen molar-refractivity contribution in [3.63, 3.8) is 0 Å². The van der Waals surface area contributed by atoms with E-state index in [2.05, 4.69) is 0 Å². The lowest BCUT2D eigenvalue weighted by molar-refractivity contribution is -0.0202. The maximum absolute atomic E-state index is 10.6. The second kappa shape index (κ2) is 7.54. The first-order valence-electron chi connectivity index (χ1n) is 9.17. The molecule has 5 rings (SSSR count). The third-order valence-corrected chi connectivity index (χ3v) is 6.24. The molecule has 0 saturated carbocycles. The Labute approximate surface area is 193 Å². The van der Waals surface area contributed by atoms with E-state index in [9.17, 15) is 5.11 Å². The fourth-order valence-corrected chi connectivity index (χ4v) is 4.96. The van der Waals surface area contributed by atoms with Crippen molar-refractivity contribution in [2.24, 2.45) is 5.10 Å². The summed E-state index contributed by atoms with van der Waals surface area (Å²) in [6.45, 7) is 0. The first-order valence-corrected chi connectivity index (χ1v) is 10.7. The van der Waals surface area contributed by atoms with Gasteiger partial charge in [-0.1, -0.05) is 76.7 Å². The molecule has 4 nitrogen and oxygen atoms in total. The molecule has 0 bridgehead atoms. The molecule has 2 atom stereocenters. The van der Waals surface area contributed by atoms with Crippen LogP contribution in [0.2, 0.25) is 20.1 Å². The van der Waals surface area contributed by atoms with E-state index in [1.807, 2.05) is 36.4 Å².